The van der Waals surface area contributed by atoms with Gasteiger partial charge in [-0.05, 0) is 75.9 Å². The molecular formula is C47H53N11O7. The Kier molecular flexibility index (Phi) is 12.4. The second-order valence-corrected chi connectivity index (χ2v) is 16.9. The van der Waals surface area contributed by atoms with Crippen LogP contribution in [0.3, 0.4) is 0 Å². The lowest BCUT2D eigenvalue weighted by Crippen LogP contribution is -2.50. The summed E-state index contributed by atoms with van der Waals surface area (Å²) in [5.74, 6) is 1.36. The third-order valence-electron chi connectivity index (χ3n) is 13.0. The molecule has 0 radical (unpaired) electrons. The summed E-state index contributed by atoms with van der Waals surface area (Å²) in [6, 6.07) is 12.8. The highest BCUT2D eigenvalue weighted by Gasteiger charge is 2.35. The molecule has 6 heterocycles. The van der Waals surface area contributed by atoms with Gasteiger partial charge in [0.25, 0.3) is 17.4 Å². The quantitative estimate of drug-likeness (QED) is 0.0971. The number of ether oxygens (including phenoxy) is 3. The molecule has 18 nitrogen and oxygen atoms in total. The molecule has 338 valence electrons. The van der Waals surface area contributed by atoms with Gasteiger partial charge in [0, 0.05) is 86.2 Å². The Morgan fingerprint density at radius 1 is 0.908 bits per heavy atom. The molecule has 1 saturated carbocycles. The summed E-state index contributed by atoms with van der Waals surface area (Å²) in [5, 5.41) is 16.3. The first kappa shape index (κ1) is 43.3. The van der Waals surface area contributed by atoms with Crippen molar-refractivity contribution in [3.05, 3.63) is 87.5 Å². The lowest BCUT2D eigenvalue weighted by Gasteiger charge is -2.36. The number of Topliss-reactive ketones (excluding diaryl/α,β-unsaturated/α-hetero) is 1. The second-order valence-electron chi connectivity index (χ2n) is 16.9. The van der Waals surface area contributed by atoms with E-state index in [1.807, 2.05) is 35.2 Å². The number of methoxy groups -OCH3 is 2. The van der Waals surface area contributed by atoms with Crippen molar-refractivity contribution in [3.8, 4) is 17.2 Å². The van der Waals surface area contributed by atoms with Crippen LogP contribution >= 0.6 is 0 Å². The minimum Gasteiger partial charge on any atom is -0.493 e. The summed E-state index contributed by atoms with van der Waals surface area (Å²) >= 11 is 0. The van der Waals surface area contributed by atoms with Crippen molar-refractivity contribution in [2.75, 3.05) is 70.3 Å². The average molecular weight is 884 g/mol. The van der Waals surface area contributed by atoms with E-state index in [4.69, 9.17) is 19.2 Å². The third kappa shape index (κ3) is 8.69. The van der Waals surface area contributed by atoms with Gasteiger partial charge in [0.05, 0.1) is 43.0 Å². The Morgan fingerprint density at radius 3 is 2.34 bits per heavy atom. The van der Waals surface area contributed by atoms with Gasteiger partial charge < -0.3 is 39.5 Å². The molecule has 0 spiro atoms. The number of fused-ring (bicyclic) bond motifs is 2. The van der Waals surface area contributed by atoms with Crippen LogP contribution in [-0.4, -0.2) is 113 Å². The van der Waals surface area contributed by atoms with E-state index in [9.17, 15) is 19.2 Å². The number of piperazine rings is 1. The monoisotopic (exact) mass is 883 g/mol. The van der Waals surface area contributed by atoms with Gasteiger partial charge in [-0.15, -0.1) is 0 Å². The fourth-order valence-corrected chi connectivity index (χ4v) is 9.51. The van der Waals surface area contributed by atoms with E-state index < -0.39 is 0 Å². The van der Waals surface area contributed by atoms with Crippen LogP contribution < -0.4 is 35.3 Å². The van der Waals surface area contributed by atoms with Crippen molar-refractivity contribution in [1.82, 2.24) is 34.6 Å². The van der Waals surface area contributed by atoms with E-state index >= 15 is 0 Å². The van der Waals surface area contributed by atoms with Crippen molar-refractivity contribution in [1.29, 1.82) is 0 Å². The van der Waals surface area contributed by atoms with Gasteiger partial charge in [-0.3, -0.25) is 23.7 Å². The van der Waals surface area contributed by atoms with E-state index in [2.05, 4.69) is 35.7 Å². The molecule has 3 aromatic heterocycles. The SMILES string of the molecule is COc1cc(N=Nc2cccc3c2CN(C2CCCNC2)C3=O)cc(OC)c1OCC(=O)N1CCN(c2ccc(Nc3ncc4c(C)c(C(C)=O)c(=O)n(C5CCCC5)c4n3)nc2)CC1. The molecule has 18 heteroatoms. The Balaban J connectivity index is 0.808. The summed E-state index contributed by atoms with van der Waals surface area (Å²) in [7, 11) is 3.01. The molecule has 4 aliphatic rings. The van der Waals surface area contributed by atoms with E-state index in [1.54, 1.807) is 40.9 Å². The number of carbonyl (C=O) groups is 3. The summed E-state index contributed by atoms with van der Waals surface area (Å²) in [5.41, 5.74) is 4.49. The minimum atomic E-state index is -0.297. The first-order chi connectivity index (χ1) is 31.6. The van der Waals surface area contributed by atoms with E-state index in [-0.39, 0.29) is 53.2 Å². The number of nitrogens with zero attached hydrogens (tertiary/aromatic N) is 9. The zero-order valence-corrected chi connectivity index (χ0v) is 37.1. The number of piperidine rings is 1. The lowest BCUT2D eigenvalue weighted by molar-refractivity contribution is -0.133. The van der Waals surface area contributed by atoms with Crippen LogP contribution in [0.1, 0.15) is 83.3 Å². The molecule has 1 unspecified atom stereocenters. The number of aryl methyl sites for hydroxylation is 1. The van der Waals surface area contributed by atoms with Crippen LogP contribution in [0, 0.1) is 6.92 Å². The molecule has 65 heavy (non-hydrogen) atoms. The van der Waals surface area contributed by atoms with Gasteiger partial charge in [-0.2, -0.15) is 15.2 Å². The number of ketones is 1. The Bertz CT molecular complexity index is 2700. The van der Waals surface area contributed by atoms with Crippen molar-refractivity contribution in [2.24, 2.45) is 10.2 Å². The zero-order valence-electron chi connectivity index (χ0n) is 37.1. The van der Waals surface area contributed by atoms with E-state index in [0.29, 0.717) is 89.5 Å². The highest BCUT2D eigenvalue weighted by atomic mass is 16.5. The van der Waals surface area contributed by atoms with E-state index in [1.165, 1.54) is 21.1 Å². The van der Waals surface area contributed by atoms with Gasteiger partial charge in [0.1, 0.15) is 11.5 Å². The Morgan fingerprint density at radius 2 is 1.66 bits per heavy atom. The molecule has 2 amide bonds. The summed E-state index contributed by atoms with van der Waals surface area (Å²) in [6.07, 6.45) is 9.20. The number of azo groups is 1. The normalized spacial score (nSPS) is 17.8. The van der Waals surface area contributed by atoms with Gasteiger partial charge in [0.2, 0.25) is 11.7 Å². The third-order valence-corrected chi connectivity index (χ3v) is 13.0. The van der Waals surface area contributed by atoms with Crippen LogP contribution in [0.5, 0.6) is 17.2 Å². The topological polar surface area (TPSA) is 198 Å². The van der Waals surface area contributed by atoms with E-state index in [0.717, 1.165) is 62.9 Å². The fourth-order valence-electron chi connectivity index (χ4n) is 9.51. The molecule has 1 atom stereocenters. The van der Waals surface area contributed by atoms with Crippen molar-refractivity contribution < 1.29 is 28.6 Å². The predicted molar refractivity (Wildman–Crippen MR) is 244 cm³/mol. The largest absolute Gasteiger partial charge is 0.493 e. The van der Waals surface area contributed by atoms with Crippen LogP contribution in [0.25, 0.3) is 11.0 Å². The first-order valence-corrected chi connectivity index (χ1v) is 22.2. The number of nitrogens with one attached hydrogen (secondary N) is 2. The van der Waals surface area contributed by atoms with Gasteiger partial charge >= 0.3 is 0 Å². The van der Waals surface area contributed by atoms with Gasteiger partial charge in [-0.25, -0.2) is 9.97 Å². The number of anilines is 3. The highest BCUT2D eigenvalue weighted by molar-refractivity contribution is 6.00. The minimum absolute atomic E-state index is 0.0185. The maximum atomic E-state index is 13.6. The van der Waals surface area contributed by atoms with Crippen LogP contribution in [0.15, 0.2) is 69.9 Å². The molecule has 3 aliphatic heterocycles. The van der Waals surface area contributed by atoms with Crippen LogP contribution in [0.2, 0.25) is 0 Å². The number of benzene rings is 2. The second kappa shape index (κ2) is 18.6. The predicted octanol–water partition coefficient (Wildman–Crippen LogP) is 6.42. The molecule has 2 aromatic carbocycles. The Hall–Kier alpha value is -6.95. The molecule has 2 N–H and O–H groups in total. The fraction of sp³-hybridized carbons (Fsp3) is 0.426. The number of hydrogen-bond donors (Lipinski definition) is 2. The summed E-state index contributed by atoms with van der Waals surface area (Å²) in [4.78, 5) is 72.6. The Labute approximate surface area is 376 Å². The molecule has 3 fully saturated rings. The summed E-state index contributed by atoms with van der Waals surface area (Å²) < 4.78 is 19.1. The van der Waals surface area contributed by atoms with Crippen LogP contribution in [-0.2, 0) is 11.3 Å². The van der Waals surface area contributed by atoms with Crippen LogP contribution in [0.4, 0.5) is 28.8 Å². The number of amides is 2. The molecular weight excluding hydrogens is 831 g/mol. The molecule has 2 saturated heterocycles. The zero-order chi connectivity index (χ0) is 45.2. The van der Waals surface area contributed by atoms with Crippen molar-refractivity contribution >= 4 is 57.5 Å². The van der Waals surface area contributed by atoms with Gasteiger partial charge in [-0.1, -0.05) is 18.9 Å². The van der Waals surface area contributed by atoms with Crippen molar-refractivity contribution in [2.45, 2.75) is 71.0 Å². The maximum absolute atomic E-state index is 13.6. The molecule has 0 bridgehead atoms. The average Bonchev–Trinajstić information content (AvgIpc) is 3.99. The van der Waals surface area contributed by atoms with Crippen molar-refractivity contribution in [3.63, 3.8) is 0 Å². The van der Waals surface area contributed by atoms with Gasteiger partial charge in [0.15, 0.2) is 23.9 Å². The number of carbonyl (C=O) groups excluding carboxylic acids is 3. The summed E-state index contributed by atoms with van der Waals surface area (Å²) in [6.45, 7) is 7.37. The molecule has 5 aromatic rings. The number of hydrogen-bond acceptors (Lipinski definition) is 15. The first-order valence-electron chi connectivity index (χ1n) is 22.2. The standard InChI is InChI=1S/C47H53N11O7/c1-28-35-25-50-47(52-44(35)58(31-9-5-6-10-31)46(62)42(28)29(2)59)51-40-15-14-32(24-49-40)55-17-19-56(20-18-55)41(60)27-65-43-38(63-3)21-30(22-39(43)64-4)53-54-37-13-7-12-34-36(37)26-57(45(34)61)33-11-8-16-48-23-33/h7,12-15,21-22,24-25,31,33,48H,5-6,8-11,16-20,23,26-27H2,1-4H3,(H,49,50,51,52). The maximum Gasteiger partial charge on any atom is 0.263 e. The molecule has 9 rings (SSSR count). The number of rotatable bonds is 13. The number of pyridine rings is 2. The smallest absolute Gasteiger partial charge is 0.263 e. The lowest BCUT2D eigenvalue weighted by atomic mass is 10.0. The number of aromatic nitrogens is 4. The highest BCUT2D eigenvalue weighted by Crippen LogP contribution is 2.42. The molecule has 1 aliphatic carbocycles.